The number of hydrogen-bond acceptors (Lipinski definition) is 5. The number of nitrogens with zero attached hydrogens (tertiary/aromatic N) is 3. The molecule has 0 bridgehead atoms. The summed E-state index contributed by atoms with van der Waals surface area (Å²) in [5.41, 5.74) is 0.487. The molecule has 1 aromatic rings. The van der Waals surface area contributed by atoms with E-state index in [9.17, 15) is 10.1 Å². The summed E-state index contributed by atoms with van der Waals surface area (Å²) in [5, 5.41) is 26.2. The van der Waals surface area contributed by atoms with Gasteiger partial charge in [0.2, 0.25) is 0 Å². The number of aromatic nitrogens is 2. The summed E-state index contributed by atoms with van der Waals surface area (Å²) in [6.07, 6.45) is 7.00. The van der Waals surface area contributed by atoms with Crippen molar-refractivity contribution in [1.29, 1.82) is 0 Å². The second-order valence-corrected chi connectivity index (χ2v) is 4.57. The van der Waals surface area contributed by atoms with Gasteiger partial charge in [0.15, 0.2) is 5.69 Å². The minimum absolute atomic E-state index is 0.0150. The van der Waals surface area contributed by atoms with Gasteiger partial charge in [0.05, 0.1) is 6.61 Å². The summed E-state index contributed by atoms with van der Waals surface area (Å²) in [6, 6.07) is 0.266. The van der Waals surface area contributed by atoms with Gasteiger partial charge in [-0.1, -0.05) is 24.4 Å². The zero-order chi connectivity index (χ0) is 13.0. The van der Waals surface area contributed by atoms with Gasteiger partial charge in [0.25, 0.3) is 0 Å². The van der Waals surface area contributed by atoms with Crippen LogP contribution >= 0.6 is 0 Å². The van der Waals surface area contributed by atoms with E-state index < -0.39 is 4.92 Å². The molecule has 0 atom stereocenters. The van der Waals surface area contributed by atoms with Crippen molar-refractivity contribution in [3.05, 3.63) is 16.3 Å². The molecule has 0 unspecified atom stereocenters. The molecule has 1 aliphatic rings. The lowest BCUT2D eigenvalue weighted by molar-refractivity contribution is -0.388. The van der Waals surface area contributed by atoms with Crippen molar-refractivity contribution in [1.82, 2.24) is 10.2 Å². The number of aliphatic hydroxyl groups excluding tert-OH is 1. The van der Waals surface area contributed by atoms with E-state index in [0.29, 0.717) is 12.2 Å². The number of hydrogen-bond donors (Lipinski definition) is 2. The molecule has 1 heterocycles. The first-order chi connectivity index (χ1) is 8.74. The molecule has 0 aliphatic heterocycles. The van der Waals surface area contributed by atoms with E-state index in [4.69, 9.17) is 5.11 Å². The van der Waals surface area contributed by atoms with Gasteiger partial charge in [-0.2, -0.15) is 0 Å². The number of aromatic amines is 1. The standard InChI is InChI=1S/C11H18N4O3/c16-7-6-14(9-4-2-1-3-5-9)10-8-12-13-11(10)15(17)18/h8-9,16H,1-7H2,(H,12,13). The zero-order valence-electron chi connectivity index (χ0n) is 10.2. The highest BCUT2D eigenvalue weighted by molar-refractivity contribution is 5.58. The number of nitro groups is 1. The van der Waals surface area contributed by atoms with Crippen LogP contribution in [0.2, 0.25) is 0 Å². The zero-order valence-corrected chi connectivity index (χ0v) is 10.2. The number of nitrogens with one attached hydrogen (secondary N) is 1. The molecule has 7 nitrogen and oxygen atoms in total. The fraction of sp³-hybridized carbons (Fsp3) is 0.727. The summed E-state index contributed by atoms with van der Waals surface area (Å²) < 4.78 is 0. The van der Waals surface area contributed by atoms with E-state index in [-0.39, 0.29) is 18.5 Å². The molecular formula is C11H18N4O3. The van der Waals surface area contributed by atoms with E-state index in [1.807, 2.05) is 4.90 Å². The topological polar surface area (TPSA) is 95.3 Å². The molecular weight excluding hydrogens is 236 g/mol. The van der Waals surface area contributed by atoms with Gasteiger partial charge in [0.1, 0.15) is 6.20 Å². The summed E-state index contributed by atoms with van der Waals surface area (Å²) in [5.74, 6) is -0.0889. The van der Waals surface area contributed by atoms with Crippen molar-refractivity contribution in [3.63, 3.8) is 0 Å². The Kier molecular flexibility index (Phi) is 4.14. The Bertz CT molecular complexity index is 401. The Labute approximate surface area is 105 Å². The maximum absolute atomic E-state index is 10.9. The lowest BCUT2D eigenvalue weighted by Crippen LogP contribution is -2.39. The maximum atomic E-state index is 10.9. The molecule has 0 spiro atoms. The fourth-order valence-electron chi connectivity index (χ4n) is 2.62. The highest BCUT2D eigenvalue weighted by Crippen LogP contribution is 2.31. The largest absolute Gasteiger partial charge is 0.395 e. The Morgan fingerprint density at radius 3 is 2.83 bits per heavy atom. The molecule has 1 saturated carbocycles. The molecule has 100 valence electrons. The van der Waals surface area contributed by atoms with Crippen LogP contribution in [-0.2, 0) is 0 Å². The predicted octanol–water partition coefficient (Wildman–Crippen LogP) is 1.45. The Balaban J connectivity index is 2.22. The van der Waals surface area contributed by atoms with Gasteiger partial charge >= 0.3 is 5.82 Å². The molecule has 0 saturated heterocycles. The third-order valence-electron chi connectivity index (χ3n) is 3.45. The highest BCUT2D eigenvalue weighted by atomic mass is 16.6. The minimum Gasteiger partial charge on any atom is -0.395 e. The van der Waals surface area contributed by atoms with Gasteiger partial charge in [-0.25, -0.2) is 0 Å². The average molecular weight is 254 g/mol. The Morgan fingerprint density at radius 2 is 2.22 bits per heavy atom. The van der Waals surface area contributed by atoms with Crippen LogP contribution in [0.5, 0.6) is 0 Å². The molecule has 18 heavy (non-hydrogen) atoms. The number of H-pyrrole nitrogens is 1. The lowest BCUT2D eigenvalue weighted by atomic mass is 9.94. The monoisotopic (exact) mass is 254 g/mol. The number of rotatable bonds is 5. The second-order valence-electron chi connectivity index (χ2n) is 4.57. The van der Waals surface area contributed by atoms with Crippen LogP contribution in [0.3, 0.4) is 0 Å². The molecule has 1 aromatic heterocycles. The van der Waals surface area contributed by atoms with Gasteiger partial charge in [-0.15, -0.1) is 5.10 Å². The first kappa shape index (κ1) is 12.8. The van der Waals surface area contributed by atoms with Gasteiger partial charge in [-0.3, -0.25) is 0 Å². The summed E-state index contributed by atoms with van der Waals surface area (Å²) in [4.78, 5) is 12.4. The van der Waals surface area contributed by atoms with Crippen LogP contribution in [0.1, 0.15) is 32.1 Å². The van der Waals surface area contributed by atoms with E-state index in [1.165, 1.54) is 12.6 Å². The van der Waals surface area contributed by atoms with Crippen molar-refractivity contribution in [3.8, 4) is 0 Å². The predicted molar refractivity (Wildman–Crippen MR) is 66.5 cm³/mol. The van der Waals surface area contributed by atoms with Crippen LogP contribution in [-0.4, -0.2) is 39.4 Å². The van der Waals surface area contributed by atoms with E-state index in [0.717, 1.165) is 25.7 Å². The lowest BCUT2D eigenvalue weighted by Gasteiger charge is -2.34. The third kappa shape index (κ3) is 2.61. The normalized spacial score (nSPS) is 16.7. The van der Waals surface area contributed by atoms with Crippen LogP contribution in [0.15, 0.2) is 6.20 Å². The molecule has 2 rings (SSSR count). The van der Waals surface area contributed by atoms with Crippen molar-refractivity contribution in [2.45, 2.75) is 38.1 Å². The van der Waals surface area contributed by atoms with E-state index in [2.05, 4.69) is 10.2 Å². The van der Waals surface area contributed by atoms with Crippen molar-refractivity contribution < 1.29 is 10.0 Å². The maximum Gasteiger partial charge on any atom is 0.366 e. The average Bonchev–Trinajstić information content (AvgIpc) is 2.86. The molecule has 7 heteroatoms. The number of aliphatic hydroxyl groups is 1. The van der Waals surface area contributed by atoms with Gasteiger partial charge < -0.3 is 20.1 Å². The summed E-state index contributed by atoms with van der Waals surface area (Å²) >= 11 is 0. The van der Waals surface area contributed by atoms with E-state index >= 15 is 0 Å². The fourth-order valence-corrected chi connectivity index (χ4v) is 2.62. The minimum atomic E-state index is -0.463. The first-order valence-electron chi connectivity index (χ1n) is 6.29. The molecule has 0 radical (unpaired) electrons. The number of anilines is 1. The Morgan fingerprint density at radius 1 is 1.50 bits per heavy atom. The van der Waals surface area contributed by atoms with Crippen LogP contribution in [0, 0.1) is 10.1 Å². The molecule has 2 N–H and O–H groups in total. The van der Waals surface area contributed by atoms with Gasteiger partial charge in [-0.05, 0) is 17.8 Å². The summed E-state index contributed by atoms with van der Waals surface area (Å²) in [6.45, 7) is 0.393. The van der Waals surface area contributed by atoms with Crippen molar-refractivity contribution in [2.75, 3.05) is 18.1 Å². The van der Waals surface area contributed by atoms with Crippen LogP contribution in [0.4, 0.5) is 11.5 Å². The molecule has 1 fully saturated rings. The third-order valence-corrected chi connectivity index (χ3v) is 3.45. The molecule has 0 aromatic carbocycles. The second kappa shape index (κ2) is 5.81. The summed E-state index contributed by atoms with van der Waals surface area (Å²) in [7, 11) is 0. The van der Waals surface area contributed by atoms with Crippen molar-refractivity contribution >= 4 is 11.5 Å². The quantitative estimate of drug-likeness (QED) is 0.612. The first-order valence-corrected chi connectivity index (χ1v) is 6.29. The Hall–Kier alpha value is -1.63. The smallest absolute Gasteiger partial charge is 0.366 e. The van der Waals surface area contributed by atoms with Crippen LogP contribution < -0.4 is 4.90 Å². The highest BCUT2D eigenvalue weighted by Gasteiger charge is 2.27. The molecule has 0 amide bonds. The molecule has 1 aliphatic carbocycles. The van der Waals surface area contributed by atoms with Crippen molar-refractivity contribution in [2.24, 2.45) is 0 Å². The van der Waals surface area contributed by atoms with Crippen LogP contribution in [0.25, 0.3) is 0 Å². The van der Waals surface area contributed by atoms with Gasteiger partial charge in [0, 0.05) is 12.6 Å². The SMILES string of the molecule is O=[N+]([O-])c1[nH]ncc1N(CCO)C1CCCCC1. The van der Waals surface area contributed by atoms with E-state index in [1.54, 1.807) is 0 Å².